The molecule has 5 aromatic carbocycles. The third-order valence-electron chi connectivity index (χ3n) is 11.9. The molecular weight excluding hydrogens is 637 g/mol. The average molecular weight is 691 g/mol. The van der Waals surface area contributed by atoms with Gasteiger partial charge in [-0.05, 0) is 52.2 Å². The topological polar surface area (TPSA) is 17.1 Å². The number of benzene rings is 5. The van der Waals surface area contributed by atoms with Crippen molar-refractivity contribution in [3.63, 3.8) is 0 Å². The highest BCUT2D eigenvalue weighted by Gasteiger charge is 2.54. The lowest BCUT2D eigenvalue weighted by Crippen LogP contribution is -2.66. The van der Waals surface area contributed by atoms with Gasteiger partial charge in [0.2, 0.25) is 0 Å². The molecule has 0 spiro atoms. The van der Waals surface area contributed by atoms with Crippen LogP contribution in [0, 0.1) is 11.8 Å². The fourth-order valence-corrected chi connectivity index (χ4v) is 21.8. The predicted molar refractivity (Wildman–Crippen MR) is 220 cm³/mol. The summed E-state index contributed by atoms with van der Waals surface area (Å²) in [6.45, 7) is 17.1. The van der Waals surface area contributed by atoms with Gasteiger partial charge < -0.3 is 0 Å². The molecule has 1 aliphatic rings. The summed E-state index contributed by atoms with van der Waals surface area (Å²) in [5.41, 5.74) is 2.23. The van der Waals surface area contributed by atoms with Crippen LogP contribution in [0.25, 0.3) is 0 Å². The Labute approximate surface area is 303 Å². The number of hydrogen-bond acceptors (Lipinski definition) is 1. The van der Waals surface area contributed by atoms with Crippen LogP contribution in [-0.4, -0.2) is 21.9 Å². The molecule has 0 bridgehead atoms. The third kappa shape index (κ3) is 6.35. The Balaban J connectivity index is 1.59. The Morgan fingerprint density at radius 2 is 0.940 bits per heavy atom. The summed E-state index contributed by atoms with van der Waals surface area (Å²) in [4.78, 5) is 14.9. The third-order valence-corrected chi connectivity index (χ3v) is 24.3. The van der Waals surface area contributed by atoms with Crippen LogP contribution < -0.4 is 20.7 Å². The van der Waals surface area contributed by atoms with E-state index < -0.39 is 16.1 Å². The first kappa shape index (κ1) is 35.8. The quantitative estimate of drug-likeness (QED) is 0.111. The Kier molecular flexibility index (Phi) is 10.2. The van der Waals surface area contributed by atoms with Gasteiger partial charge in [0.05, 0.1) is 0 Å². The first-order chi connectivity index (χ1) is 23.9. The maximum absolute atomic E-state index is 14.9. The summed E-state index contributed by atoms with van der Waals surface area (Å²) in [5, 5.41) is 7.32. The molecule has 0 amide bonds. The van der Waals surface area contributed by atoms with E-state index in [-0.39, 0.29) is 21.8 Å². The van der Waals surface area contributed by atoms with Crippen molar-refractivity contribution in [3.05, 3.63) is 168 Å². The minimum absolute atomic E-state index is 0.0385. The largest absolute Gasteiger partial charge is 0.294 e. The minimum atomic E-state index is -2.62. The zero-order valence-electron chi connectivity index (χ0n) is 31.1. The van der Waals surface area contributed by atoms with E-state index in [1.807, 2.05) is 30.3 Å². The van der Waals surface area contributed by atoms with Crippen molar-refractivity contribution >= 4 is 42.7 Å². The average Bonchev–Trinajstić information content (AvgIpc) is 3.55. The summed E-state index contributed by atoms with van der Waals surface area (Å²) in [6.07, 6.45) is 1.85. The monoisotopic (exact) mass is 690 g/mol. The van der Waals surface area contributed by atoms with E-state index in [1.165, 1.54) is 31.5 Å². The van der Waals surface area contributed by atoms with E-state index in [1.54, 1.807) is 0 Å². The van der Waals surface area contributed by atoms with Gasteiger partial charge in [-0.3, -0.25) is 4.79 Å². The molecule has 1 aliphatic carbocycles. The molecule has 0 aliphatic heterocycles. The van der Waals surface area contributed by atoms with Gasteiger partial charge >= 0.3 is 0 Å². The number of allylic oxidation sites excluding steroid dienone is 2. The van der Waals surface area contributed by atoms with Gasteiger partial charge in [0, 0.05) is 11.5 Å². The minimum Gasteiger partial charge on any atom is -0.294 e. The molecule has 0 unspecified atom stereocenters. The number of Topliss-reactive ketones (excluding diaryl/α,β-unsaturated/α-hetero) is 1. The zero-order valence-corrected chi connectivity index (χ0v) is 33.1. The Morgan fingerprint density at radius 1 is 0.560 bits per heavy atom. The van der Waals surface area contributed by atoms with Gasteiger partial charge in [0.15, 0.2) is 5.78 Å². The number of carbonyl (C=O) groups excluding carboxylic acids is 1. The summed E-state index contributed by atoms with van der Waals surface area (Å²) >= 11 is 0. The molecule has 1 nitrogen and oxygen atoms in total. The van der Waals surface area contributed by atoms with Crippen LogP contribution >= 0.6 is 0 Å². The SMILES string of the molecule is C/C(=C1/C[C@@H](C[Si](c2ccccc2)(c2ccccc2)C(C)(C)C)C[C@H]1C(=O)c1ccccc1)[Si](c1ccccc1)(c1ccccc1)C(C)(C)C. The predicted octanol–water partition coefficient (Wildman–Crippen LogP) is 9.88. The molecule has 0 radical (unpaired) electrons. The summed E-state index contributed by atoms with van der Waals surface area (Å²) in [5.74, 6) is 0.534. The van der Waals surface area contributed by atoms with E-state index in [0.29, 0.717) is 5.92 Å². The zero-order chi connectivity index (χ0) is 35.6. The standard InChI is InChI=1S/C47H54OSi2/c1-36(50(47(5,6)7,41-29-19-11-20-30-41)42-31-21-12-22-32-42)43-33-37(34-44(43)45(48)38-23-13-8-14-24-38)35-49(46(2,3)4,39-25-15-9-16-26-39)40-27-17-10-18-28-40/h8-32,37,44H,33-35H2,1-7H3/b43-36+/t37-,44-/m1/s1. The van der Waals surface area contributed by atoms with Gasteiger partial charge in [-0.25, -0.2) is 0 Å². The summed E-state index contributed by atoms with van der Waals surface area (Å²) < 4.78 is 0. The van der Waals surface area contributed by atoms with Crippen molar-refractivity contribution in [2.24, 2.45) is 11.8 Å². The molecule has 3 heteroatoms. The molecule has 50 heavy (non-hydrogen) atoms. The normalized spacial score (nSPS) is 18.1. The van der Waals surface area contributed by atoms with E-state index in [2.05, 4.69) is 170 Å². The van der Waals surface area contributed by atoms with E-state index in [4.69, 9.17) is 0 Å². The second kappa shape index (κ2) is 14.3. The van der Waals surface area contributed by atoms with Gasteiger partial charge in [-0.1, -0.05) is 214 Å². The van der Waals surface area contributed by atoms with E-state index >= 15 is 0 Å². The van der Waals surface area contributed by atoms with Crippen LogP contribution in [0.1, 0.15) is 71.7 Å². The van der Waals surface area contributed by atoms with Gasteiger partial charge in [-0.15, -0.1) is 0 Å². The van der Waals surface area contributed by atoms with Gasteiger partial charge in [0.1, 0.15) is 16.1 Å². The van der Waals surface area contributed by atoms with Gasteiger partial charge in [0.25, 0.3) is 0 Å². The van der Waals surface area contributed by atoms with Crippen LogP contribution in [0.3, 0.4) is 0 Å². The molecular formula is C47H54OSi2. The lowest BCUT2D eigenvalue weighted by molar-refractivity contribution is 0.0938. The smallest absolute Gasteiger partial charge is 0.169 e. The molecule has 256 valence electrons. The van der Waals surface area contributed by atoms with Crippen LogP contribution in [0.4, 0.5) is 0 Å². The van der Waals surface area contributed by atoms with E-state index in [0.717, 1.165) is 24.4 Å². The second-order valence-corrected chi connectivity index (χ2v) is 26.3. The maximum Gasteiger partial charge on any atom is 0.169 e. The van der Waals surface area contributed by atoms with Crippen molar-refractivity contribution in [1.29, 1.82) is 0 Å². The molecule has 1 saturated carbocycles. The fourth-order valence-electron chi connectivity index (χ4n) is 9.75. The van der Waals surface area contributed by atoms with Crippen molar-refractivity contribution in [2.75, 3.05) is 0 Å². The number of hydrogen-bond donors (Lipinski definition) is 0. The van der Waals surface area contributed by atoms with Crippen LogP contribution in [-0.2, 0) is 0 Å². The van der Waals surface area contributed by atoms with Crippen molar-refractivity contribution in [2.45, 2.75) is 77.4 Å². The molecule has 5 aromatic rings. The molecule has 0 heterocycles. The number of rotatable bonds is 9. The van der Waals surface area contributed by atoms with Crippen molar-refractivity contribution < 1.29 is 4.79 Å². The highest BCUT2D eigenvalue weighted by Crippen LogP contribution is 2.51. The van der Waals surface area contributed by atoms with Crippen LogP contribution in [0.2, 0.25) is 16.1 Å². The summed E-state index contributed by atoms with van der Waals surface area (Å²) in [6, 6.07) is 56.5. The maximum atomic E-state index is 14.9. The lowest BCUT2D eigenvalue weighted by Gasteiger charge is -2.46. The fraction of sp³-hybridized carbons (Fsp3) is 0.298. The lowest BCUT2D eigenvalue weighted by atomic mass is 9.92. The number of carbonyl (C=O) groups is 1. The van der Waals surface area contributed by atoms with Crippen LogP contribution in [0.5, 0.6) is 0 Å². The second-order valence-electron chi connectivity index (χ2n) is 16.6. The summed E-state index contributed by atoms with van der Waals surface area (Å²) in [7, 11) is -4.98. The van der Waals surface area contributed by atoms with Gasteiger partial charge in [-0.2, -0.15) is 0 Å². The Hall–Kier alpha value is -4.06. The molecule has 0 N–H and O–H groups in total. The Morgan fingerprint density at radius 3 is 1.32 bits per heavy atom. The molecule has 0 saturated heterocycles. The highest BCUT2D eigenvalue weighted by atomic mass is 28.3. The molecule has 1 fully saturated rings. The molecule has 2 atom stereocenters. The van der Waals surface area contributed by atoms with Crippen LogP contribution in [0.15, 0.2) is 162 Å². The first-order valence-electron chi connectivity index (χ1n) is 18.4. The molecule has 0 aromatic heterocycles. The van der Waals surface area contributed by atoms with E-state index in [9.17, 15) is 4.79 Å². The first-order valence-corrected chi connectivity index (χ1v) is 22.6. The highest BCUT2D eigenvalue weighted by molar-refractivity contribution is 7.09. The number of ketones is 1. The van der Waals surface area contributed by atoms with Crippen molar-refractivity contribution in [1.82, 2.24) is 0 Å². The Bertz CT molecular complexity index is 1820. The molecule has 6 rings (SSSR count). The van der Waals surface area contributed by atoms with Crippen molar-refractivity contribution in [3.8, 4) is 0 Å².